The van der Waals surface area contributed by atoms with Crippen LogP contribution in [0, 0.1) is 55.4 Å². The van der Waals surface area contributed by atoms with Gasteiger partial charge in [0, 0.05) is 0 Å². The molecule has 0 bridgehead atoms. The van der Waals surface area contributed by atoms with Gasteiger partial charge in [-0.05, 0) is 0 Å². The van der Waals surface area contributed by atoms with Gasteiger partial charge in [0.05, 0.1) is 5.34 Å². The van der Waals surface area contributed by atoms with Crippen molar-refractivity contribution in [3.8, 4) is 11.1 Å². The molecule has 0 heterocycles. The van der Waals surface area contributed by atoms with Crippen molar-refractivity contribution in [3.05, 3.63) is 113 Å². The van der Waals surface area contributed by atoms with E-state index in [4.69, 9.17) is 23.2 Å². The molecule has 2 nitrogen and oxygen atoms in total. The maximum Gasteiger partial charge on any atom is 0.0967 e. The van der Waals surface area contributed by atoms with Gasteiger partial charge in [-0.25, -0.2) is 0 Å². The third-order valence-electron chi connectivity index (χ3n) is 7.94. The van der Waals surface area contributed by atoms with Crippen LogP contribution in [0.15, 0.2) is 57.5 Å². The zero-order valence-electron chi connectivity index (χ0n) is 25.5. The summed E-state index contributed by atoms with van der Waals surface area (Å²) in [6, 6.07) is 16.6. The van der Waals surface area contributed by atoms with Crippen molar-refractivity contribution >= 4 is 103 Å². The molecule has 0 unspecified atom stereocenters. The molecule has 4 aromatic carbocycles. The Labute approximate surface area is 295 Å². The third-order valence-corrected chi connectivity index (χ3v) is 14.1. The van der Waals surface area contributed by atoms with Crippen molar-refractivity contribution in [2.75, 3.05) is 5.34 Å². The van der Waals surface area contributed by atoms with Gasteiger partial charge in [-0.15, -0.1) is 23.2 Å². The molecular weight excluding hydrogens is 841 g/mol. The van der Waals surface area contributed by atoms with Crippen molar-refractivity contribution in [2.45, 2.75) is 55.4 Å². The molecule has 0 amide bonds. The van der Waals surface area contributed by atoms with Crippen LogP contribution in [-0.2, 0) is 0 Å². The molecule has 0 aliphatic heterocycles. The predicted molar refractivity (Wildman–Crippen MR) is 194 cm³/mol. The van der Waals surface area contributed by atoms with Gasteiger partial charge in [-0.1, -0.05) is 0 Å². The molecule has 226 valence electrons. The maximum absolute atomic E-state index is 13.3. The molecule has 0 atom stereocenters. The summed E-state index contributed by atoms with van der Waals surface area (Å²) in [5.74, 6) is 0. The number of halogens is 4. The summed E-state index contributed by atoms with van der Waals surface area (Å²) >= 11 is 16.3. The summed E-state index contributed by atoms with van der Waals surface area (Å²) in [6.45, 7) is 16.4. The molecule has 0 spiro atoms. The Morgan fingerprint density at radius 2 is 0.744 bits per heavy atom. The number of hydrogen-bond acceptors (Lipinski definition) is 2. The molecule has 4 rings (SSSR count). The first kappa shape index (κ1) is 36.3. The predicted octanol–water partition coefficient (Wildman–Crippen LogP) is 9.11. The molecule has 0 fully saturated rings. The number of carbonyl (C=O) groups excluding carboxylic acids is 2. The van der Waals surface area contributed by atoms with Gasteiger partial charge in [0.1, 0.15) is 0 Å². The molecule has 43 heavy (non-hydrogen) atoms. The van der Waals surface area contributed by atoms with Crippen molar-refractivity contribution in [3.63, 3.8) is 0 Å². The first-order valence-electron chi connectivity index (χ1n) is 13.5. The Balaban J connectivity index is 0.00000162. The second-order valence-electron chi connectivity index (χ2n) is 10.3. The summed E-state index contributed by atoms with van der Waals surface area (Å²) in [5.41, 5.74) is 12.7. The number of alkyl halides is 2. The second kappa shape index (κ2) is 15.9. The maximum atomic E-state index is 13.3. The Morgan fingerprint density at radius 1 is 0.512 bits per heavy atom. The van der Waals surface area contributed by atoms with Crippen LogP contribution in [-0.4, -0.2) is 44.6 Å². The SMILES string of the molecule is Cc1c(C)c(C(=O)[Se]c2ccc(-c3ccc([Se]C(=O)c4c(C)c(C)c(Br)c(C)c4C)cc3)cc2)c(C)c(C)c1Br.ClCCl. The van der Waals surface area contributed by atoms with Gasteiger partial charge in [0.2, 0.25) is 0 Å². The summed E-state index contributed by atoms with van der Waals surface area (Å²) in [4.78, 5) is 26.7. The van der Waals surface area contributed by atoms with Gasteiger partial charge in [0.25, 0.3) is 0 Å². The van der Waals surface area contributed by atoms with Crippen LogP contribution in [0.1, 0.15) is 65.2 Å². The van der Waals surface area contributed by atoms with Crippen LogP contribution < -0.4 is 8.92 Å². The Kier molecular flexibility index (Phi) is 13.4. The van der Waals surface area contributed by atoms with Crippen molar-refractivity contribution in [2.24, 2.45) is 0 Å². The van der Waals surface area contributed by atoms with E-state index in [1.54, 1.807) is 0 Å². The first-order valence-corrected chi connectivity index (χ1v) is 19.6. The zero-order chi connectivity index (χ0) is 32.2. The van der Waals surface area contributed by atoms with Crippen LogP contribution in [0.3, 0.4) is 0 Å². The molecule has 0 N–H and O–H groups in total. The molecule has 0 aliphatic rings. The van der Waals surface area contributed by atoms with Gasteiger partial charge in [0.15, 0.2) is 0 Å². The van der Waals surface area contributed by atoms with E-state index >= 15 is 0 Å². The fourth-order valence-electron chi connectivity index (χ4n) is 4.89. The molecule has 0 aromatic heterocycles. The average molecular weight is 875 g/mol. The van der Waals surface area contributed by atoms with Crippen LogP contribution in [0.25, 0.3) is 11.1 Å². The Hall–Kier alpha value is -1.20. The van der Waals surface area contributed by atoms with Crippen LogP contribution in [0.2, 0.25) is 0 Å². The second-order valence-corrected chi connectivity index (χ2v) is 17.1. The molecule has 8 heteroatoms. The van der Waals surface area contributed by atoms with E-state index in [0.29, 0.717) is 0 Å². The van der Waals surface area contributed by atoms with E-state index in [0.717, 1.165) is 84.6 Å². The number of rotatable bonds is 7. The van der Waals surface area contributed by atoms with Crippen molar-refractivity contribution in [1.29, 1.82) is 0 Å². The van der Waals surface area contributed by atoms with Gasteiger partial charge in [-0.3, -0.25) is 0 Å². The summed E-state index contributed by atoms with van der Waals surface area (Å²) in [7, 11) is 0. The third kappa shape index (κ3) is 8.15. The molecular formula is C35H34Br2Cl2O2Se2. The van der Waals surface area contributed by atoms with E-state index in [1.165, 1.54) is 0 Å². The summed E-state index contributed by atoms with van der Waals surface area (Å²) in [5, 5.41) is 0.194. The molecule has 0 saturated heterocycles. The normalized spacial score (nSPS) is 10.8. The van der Waals surface area contributed by atoms with Crippen LogP contribution in [0.5, 0.6) is 0 Å². The monoisotopic (exact) mass is 874 g/mol. The smallest absolute Gasteiger partial charge is 0.0967 e. The Bertz CT molecular complexity index is 1500. The van der Waals surface area contributed by atoms with Gasteiger partial charge < -0.3 is 0 Å². The molecule has 0 radical (unpaired) electrons. The van der Waals surface area contributed by atoms with Crippen molar-refractivity contribution < 1.29 is 9.59 Å². The molecule has 0 saturated carbocycles. The largest absolute Gasteiger partial charge is 0.109 e. The van der Waals surface area contributed by atoms with E-state index in [2.05, 4.69) is 108 Å². The van der Waals surface area contributed by atoms with E-state index in [9.17, 15) is 9.59 Å². The minimum absolute atomic E-state index is 0.194. The fraction of sp³-hybridized carbons (Fsp3) is 0.257. The summed E-state index contributed by atoms with van der Waals surface area (Å²) in [6.07, 6.45) is 0. The topological polar surface area (TPSA) is 34.1 Å². The van der Waals surface area contributed by atoms with E-state index in [1.807, 2.05) is 27.7 Å². The van der Waals surface area contributed by atoms with Gasteiger partial charge >= 0.3 is 269 Å². The minimum Gasteiger partial charge on any atom is -0.109 e. The van der Waals surface area contributed by atoms with Crippen LogP contribution in [0.4, 0.5) is 0 Å². The van der Waals surface area contributed by atoms with Crippen molar-refractivity contribution in [1.82, 2.24) is 0 Å². The molecule has 0 aliphatic carbocycles. The fourth-order valence-corrected chi connectivity index (χ4v) is 9.84. The standard InChI is InChI=1S/C34H32Br2O2Se2.CH2Cl2/c1-17-21(5)31(35)22(6)18(2)29(17)33(37)39-27-13-9-25(10-14-27)26-11-15-28(16-12-26)40-34(38)30-19(3)23(7)32(36)24(8)20(30)4;2-1-3/h9-16H,1-8H3;1H2. The minimum atomic E-state index is -0.298. The number of carbonyl (C=O) groups is 2. The van der Waals surface area contributed by atoms with Gasteiger partial charge in [-0.2, -0.15) is 0 Å². The van der Waals surface area contributed by atoms with E-state index < -0.39 is 0 Å². The first-order chi connectivity index (χ1) is 20.2. The van der Waals surface area contributed by atoms with E-state index in [-0.39, 0.29) is 44.6 Å². The average Bonchev–Trinajstić information content (AvgIpc) is 2.98. The molecule has 4 aromatic rings. The zero-order valence-corrected chi connectivity index (χ0v) is 33.6. The summed E-state index contributed by atoms with van der Waals surface area (Å²) < 4.78 is 4.75. The number of hydrogen-bond donors (Lipinski definition) is 0. The number of benzene rings is 4. The quantitative estimate of drug-likeness (QED) is 0.137. The Morgan fingerprint density at radius 3 is 0.977 bits per heavy atom. The van der Waals surface area contributed by atoms with Crippen LogP contribution >= 0.6 is 55.1 Å².